The van der Waals surface area contributed by atoms with Crippen LogP contribution in [0.3, 0.4) is 0 Å². The van der Waals surface area contributed by atoms with Crippen molar-refractivity contribution in [2.24, 2.45) is 0 Å². The predicted molar refractivity (Wildman–Crippen MR) is 121 cm³/mol. The molecule has 4 rings (SSSR count). The highest BCUT2D eigenvalue weighted by Gasteiger charge is 2.22. The molecule has 1 aliphatic rings. The van der Waals surface area contributed by atoms with E-state index in [9.17, 15) is 4.79 Å². The Bertz CT molecular complexity index is 931. The van der Waals surface area contributed by atoms with Crippen molar-refractivity contribution in [2.75, 3.05) is 19.7 Å². The second-order valence-corrected chi connectivity index (χ2v) is 8.80. The summed E-state index contributed by atoms with van der Waals surface area (Å²) in [5, 5.41) is 0. The highest BCUT2D eigenvalue weighted by atomic mass is 32.2. The second kappa shape index (κ2) is 10.1. The Morgan fingerprint density at radius 3 is 2.83 bits per heavy atom. The average Bonchev–Trinajstić information content (AvgIpc) is 3.21. The normalized spacial score (nSPS) is 16.6. The molecule has 0 saturated carbocycles. The fourth-order valence-corrected chi connectivity index (χ4v) is 4.62. The number of carbonyl (C=O) groups excluding carboxylic acids is 1. The van der Waals surface area contributed by atoms with E-state index in [2.05, 4.69) is 18.1 Å². The summed E-state index contributed by atoms with van der Waals surface area (Å²) in [5.41, 5.74) is 2.76. The minimum atomic E-state index is 0.0999. The molecule has 1 amide bonds. The van der Waals surface area contributed by atoms with Gasteiger partial charge in [0.1, 0.15) is 5.65 Å². The predicted octanol–water partition coefficient (Wildman–Crippen LogP) is 5.05. The fraction of sp³-hybridized carbons (Fsp3) is 0.417. The number of benzene rings is 1. The van der Waals surface area contributed by atoms with Gasteiger partial charge < -0.3 is 14.0 Å². The van der Waals surface area contributed by atoms with Crippen molar-refractivity contribution in [1.82, 2.24) is 14.3 Å². The number of ether oxygens (including phenoxy) is 1. The molecule has 158 valence electrons. The molecule has 0 radical (unpaired) electrons. The van der Waals surface area contributed by atoms with Crippen molar-refractivity contribution in [2.45, 2.75) is 49.4 Å². The Hall–Kier alpha value is -2.31. The first-order valence-electron chi connectivity index (χ1n) is 10.8. The smallest absolute Gasteiger partial charge is 0.253 e. The van der Waals surface area contributed by atoms with Gasteiger partial charge in [0.15, 0.2) is 0 Å². The monoisotopic (exact) mass is 423 g/mol. The third kappa shape index (κ3) is 5.24. The number of aromatic nitrogens is 2. The van der Waals surface area contributed by atoms with Gasteiger partial charge in [-0.2, -0.15) is 0 Å². The summed E-state index contributed by atoms with van der Waals surface area (Å²) >= 11 is 1.74. The summed E-state index contributed by atoms with van der Waals surface area (Å²) in [6, 6.07) is 14.0. The molecular weight excluding hydrogens is 394 g/mol. The fourth-order valence-electron chi connectivity index (χ4n) is 3.83. The standard InChI is InChI=1S/C24H29N3O2S/c1-2-13-27(17-21-7-4-6-15-29-21)24(28)19-9-11-22(12-10-19)30-18-20-16-26-14-5-3-8-23(26)25-20/h3,5,8-12,14,16,21H,2,4,6-7,13,15,17-18H2,1H3. The summed E-state index contributed by atoms with van der Waals surface area (Å²) in [4.78, 5) is 20.8. The van der Waals surface area contributed by atoms with Gasteiger partial charge in [0.25, 0.3) is 5.91 Å². The molecule has 0 N–H and O–H groups in total. The highest BCUT2D eigenvalue weighted by Crippen LogP contribution is 2.24. The lowest BCUT2D eigenvalue weighted by Gasteiger charge is -2.30. The van der Waals surface area contributed by atoms with Crippen molar-refractivity contribution in [1.29, 1.82) is 0 Å². The van der Waals surface area contributed by atoms with Crippen molar-refractivity contribution in [3.05, 3.63) is 66.1 Å². The summed E-state index contributed by atoms with van der Waals surface area (Å²) in [6.07, 6.45) is 8.57. The van der Waals surface area contributed by atoms with Crippen LogP contribution in [0.1, 0.15) is 48.7 Å². The number of amides is 1. The maximum atomic E-state index is 13.0. The van der Waals surface area contributed by atoms with Crippen molar-refractivity contribution >= 4 is 23.3 Å². The number of rotatable bonds is 8. The van der Waals surface area contributed by atoms with Crippen LogP contribution in [0.15, 0.2) is 59.8 Å². The largest absolute Gasteiger partial charge is 0.376 e. The number of hydrogen-bond acceptors (Lipinski definition) is 4. The molecule has 1 fully saturated rings. The Kier molecular flexibility index (Phi) is 7.07. The molecule has 3 aromatic rings. The van der Waals surface area contributed by atoms with E-state index in [1.165, 1.54) is 6.42 Å². The number of fused-ring (bicyclic) bond motifs is 1. The highest BCUT2D eigenvalue weighted by molar-refractivity contribution is 7.98. The van der Waals surface area contributed by atoms with E-state index in [0.717, 1.165) is 60.0 Å². The molecule has 1 aliphatic heterocycles. The Morgan fingerprint density at radius 2 is 2.10 bits per heavy atom. The van der Waals surface area contributed by atoms with Crippen LogP contribution in [0.2, 0.25) is 0 Å². The van der Waals surface area contributed by atoms with Crippen LogP contribution >= 0.6 is 11.8 Å². The maximum absolute atomic E-state index is 13.0. The van der Waals surface area contributed by atoms with Gasteiger partial charge >= 0.3 is 0 Å². The topological polar surface area (TPSA) is 46.8 Å². The van der Waals surface area contributed by atoms with Crippen molar-refractivity contribution < 1.29 is 9.53 Å². The molecule has 0 bridgehead atoms. The number of carbonyl (C=O) groups is 1. The zero-order valence-corrected chi connectivity index (χ0v) is 18.3. The first kappa shape index (κ1) is 20.9. The van der Waals surface area contributed by atoms with Crippen LogP contribution < -0.4 is 0 Å². The van der Waals surface area contributed by atoms with Crippen LogP contribution in [-0.2, 0) is 10.5 Å². The number of thioether (sulfide) groups is 1. The Balaban J connectivity index is 1.36. The summed E-state index contributed by atoms with van der Waals surface area (Å²) in [7, 11) is 0. The quantitative estimate of drug-likeness (QED) is 0.476. The first-order valence-corrected chi connectivity index (χ1v) is 11.8. The zero-order valence-electron chi connectivity index (χ0n) is 17.5. The van der Waals surface area contributed by atoms with Crippen LogP contribution in [0.5, 0.6) is 0 Å². The minimum Gasteiger partial charge on any atom is -0.376 e. The average molecular weight is 424 g/mol. The van der Waals surface area contributed by atoms with Gasteiger partial charge in [-0.15, -0.1) is 11.8 Å². The van der Waals surface area contributed by atoms with E-state index in [4.69, 9.17) is 4.74 Å². The molecule has 1 saturated heterocycles. The molecule has 0 spiro atoms. The van der Waals surface area contributed by atoms with Gasteiger partial charge in [-0.3, -0.25) is 4.79 Å². The molecule has 5 nitrogen and oxygen atoms in total. The van der Waals surface area contributed by atoms with Crippen LogP contribution in [0.4, 0.5) is 0 Å². The van der Waals surface area contributed by atoms with Gasteiger partial charge in [0, 0.05) is 48.3 Å². The number of nitrogens with zero attached hydrogens (tertiary/aromatic N) is 3. The van der Waals surface area contributed by atoms with E-state index in [0.29, 0.717) is 6.54 Å². The third-order valence-corrected chi connectivity index (χ3v) is 6.43. The van der Waals surface area contributed by atoms with E-state index < -0.39 is 0 Å². The van der Waals surface area contributed by atoms with Crippen molar-refractivity contribution in [3.8, 4) is 0 Å². The Morgan fingerprint density at radius 1 is 1.23 bits per heavy atom. The van der Waals surface area contributed by atoms with Crippen LogP contribution in [-0.4, -0.2) is 46.0 Å². The summed E-state index contributed by atoms with van der Waals surface area (Å²) in [5.74, 6) is 0.901. The lowest BCUT2D eigenvalue weighted by Crippen LogP contribution is -2.40. The van der Waals surface area contributed by atoms with Gasteiger partial charge in [0.2, 0.25) is 0 Å². The summed E-state index contributed by atoms with van der Waals surface area (Å²) in [6.45, 7) is 4.39. The SMILES string of the molecule is CCCN(CC1CCCCO1)C(=O)c1ccc(SCc2cn3ccccc3n2)cc1. The number of imidazole rings is 1. The molecule has 1 aromatic carbocycles. The number of pyridine rings is 1. The molecule has 0 aliphatic carbocycles. The van der Waals surface area contributed by atoms with Gasteiger partial charge in [-0.1, -0.05) is 13.0 Å². The molecule has 1 unspecified atom stereocenters. The minimum absolute atomic E-state index is 0.0999. The third-order valence-electron chi connectivity index (χ3n) is 5.38. The second-order valence-electron chi connectivity index (χ2n) is 7.75. The zero-order chi connectivity index (χ0) is 20.8. The van der Waals surface area contributed by atoms with Gasteiger partial charge in [-0.25, -0.2) is 4.98 Å². The van der Waals surface area contributed by atoms with Gasteiger partial charge in [0.05, 0.1) is 11.8 Å². The van der Waals surface area contributed by atoms with E-state index >= 15 is 0 Å². The molecule has 1 atom stereocenters. The summed E-state index contributed by atoms with van der Waals surface area (Å²) < 4.78 is 7.89. The van der Waals surface area contributed by atoms with Crippen LogP contribution in [0.25, 0.3) is 5.65 Å². The van der Waals surface area contributed by atoms with E-state index in [1.807, 2.05) is 58.0 Å². The molecule has 2 aromatic heterocycles. The molecule has 3 heterocycles. The lowest BCUT2D eigenvalue weighted by atomic mass is 10.1. The molecule has 30 heavy (non-hydrogen) atoms. The molecule has 6 heteroatoms. The van der Waals surface area contributed by atoms with Gasteiger partial charge in [-0.05, 0) is 62.1 Å². The number of hydrogen-bond donors (Lipinski definition) is 0. The van der Waals surface area contributed by atoms with E-state index in [-0.39, 0.29) is 12.0 Å². The lowest BCUT2D eigenvalue weighted by molar-refractivity contribution is -0.00383. The Labute approximate surface area is 182 Å². The first-order chi connectivity index (χ1) is 14.7. The van der Waals surface area contributed by atoms with E-state index in [1.54, 1.807) is 11.8 Å². The maximum Gasteiger partial charge on any atom is 0.253 e. The van der Waals surface area contributed by atoms with Crippen molar-refractivity contribution in [3.63, 3.8) is 0 Å². The van der Waals surface area contributed by atoms with Crippen LogP contribution in [0, 0.1) is 0 Å². The molecular formula is C24H29N3O2S.